The van der Waals surface area contributed by atoms with Crippen LogP contribution in [0.3, 0.4) is 0 Å². The number of aromatic nitrogens is 1. The van der Waals surface area contributed by atoms with E-state index in [-0.39, 0.29) is 10.9 Å². The minimum atomic E-state index is -3.75. The molecule has 0 aliphatic rings. The maximum atomic E-state index is 12.2. The zero-order valence-corrected chi connectivity index (χ0v) is 11.7. The molecular formula is C12H15N3O3S. The molecule has 0 saturated carbocycles. The van der Waals surface area contributed by atoms with Crippen LogP contribution in [0.15, 0.2) is 27.7 Å². The Morgan fingerprint density at radius 2 is 1.95 bits per heavy atom. The van der Waals surface area contributed by atoms with Gasteiger partial charge in [-0.1, -0.05) is 0 Å². The molecule has 6 nitrogen and oxygen atoms in total. The van der Waals surface area contributed by atoms with Crippen LogP contribution in [0.2, 0.25) is 0 Å². The molecule has 3 N–H and O–H groups in total. The molecule has 2 rings (SSSR count). The van der Waals surface area contributed by atoms with Gasteiger partial charge in [-0.3, -0.25) is 0 Å². The second-order valence-corrected chi connectivity index (χ2v) is 6.04. The smallest absolute Gasteiger partial charge is 0.309 e. The number of nitrogens with two attached hydrogens (primary N) is 1. The van der Waals surface area contributed by atoms with Gasteiger partial charge in [0.1, 0.15) is 6.26 Å². The van der Waals surface area contributed by atoms with Crippen LogP contribution in [0, 0.1) is 20.8 Å². The van der Waals surface area contributed by atoms with Gasteiger partial charge in [0.2, 0.25) is 0 Å². The van der Waals surface area contributed by atoms with E-state index >= 15 is 0 Å². The highest BCUT2D eigenvalue weighted by Gasteiger charge is 2.18. The third-order valence-electron chi connectivity index (χ3n) is 2.83. The molecule has 2 aromatic rings. The maximum absolute atomic E-state index is 12.2. The minimum Gasteiger partial charge on any atom is -0.431 e. The Hall–Kier alpha value is -2.02. The second-order valence-electron chi connectivity index (χ2n) is 4.35. The Kier molecular flexibility index (Phi) is 3.23. The van der Waals surface area contributed by atoms with Gasteiger partial charge in [-0.25, -0.2) is 13.1 Å². The first-order valence-electron chi connectivity index (χ1n) is 5.61. The molecule has 0 fully saturated rings. The Balaban J connectivity index is 2.40. The molecule has 1 heterocycles. The molecule has 102 valence electrons. The molecule has 1 aromatic heterocycles. The number of nitrogens with one attached hydrogen (secondary N) is 1. The molecule has 0 radical (unpaired) electrons. The van der Waals surface area contributed by atoms with Gasteiger partial charge < -0.3 is 10.2 Å². The lowest BCUT2D eigenvalue weighted by Gasteiger charge is -2.09. The average molecular weight is 281 g/mol. The zero-order valence-electron chi connectivity index (χ0n) is 10.9. The number of rotatable bonds is 3. The molecule has 0 aliphatic carbocycles. The molecule has 0 bridgehead atoms. The van der Waals surface area contributed by atoms with E-state index < -0.39 is 10.0 Å². The van der Waals surface area contributed by atoms with E-state index in [0.717, 1.165) is 11.1 Å². The van der Waals surface area contributed by atoms with E-state index in [1.807, 2.05) is 6.92 Å². The molecule has 0 amide bonds. The van der Waals surface area contributed by atoms with Crippen molar-refractivity contribution in [3.8, 4) is 0 Å². The van der Waals surface area contributed by atoms with Crippen molar-refractivity contribution >= 4 is 21.7 Å². The van der Waals surface area contributed by atoms with Crippen molar-refractivity contribution in [3.05, 3.63) is 35.2 Å². The van der Waals surface area contributed by atoms with Crippen LogP contribution in [0.1, 0.15) is 16.8 Å². The van der Waals surface area contributed by atoms with Crippen LogP contribution >= 0.6 is 0 Å². The molecule has 0 atom stereocenters. The van der Waals surface area contributed by atoms with Crippen LogP contribution in [-0.2, 0) is 10.0 Å². The summed E-state index contributed by atoms with van der Waals surface area (Å²) in [5.41, 5.74) is 8.49. The summed E-state index contributed by atoms with van der Waals surface area (Å²) in [5, 5.41) is 0. The van der Waals surface area contributed by atoms with Crippen LogP contribution in [0.25, 0.3) is 0 Å². The van der Waals surface area contributed by atoms with Crippen LogP contribution in [0.4, 0.5) is 11.7 Å². The summed E-state index contributed by atoms with van der Waals surface area (Å²) in [6, 6.07) is 2.92. The van der Waals surface area contributed by atoms with E-state index in [2.05, 4.69) is 9.71 Å². The lowest BCUT2D eigenvalue weighted by Crippen LogP contribution is -2.14. The van der Waals surface area contributed by atoms with E-state index in [1.165, 1.54) is 12.3 Å². The van der Waals surface area contributed by atoms with Crippen LogP contribution < -0.4 is 10.5 Å². The first kappa shape index (κ1) is 13.4. The predicted octanol–water partition coefficient (Wildman–Crippen LogP) is 1.98. The van der Waals surface area contributed by atoms with E-state index in [9.17, 15) is 8.42 Å². The van der Waals surface area contributed by atoms with Gasteiger partial charge in [0.15, 0.2) is 0 Å². The van der Waals surface area contributed by atoms with Gasteiger partial charge in [0, 0.05) is 5.69 Å². The minimum absolute atomic E-state index is 0.0608. The fraction of sp³-hybridized carbons (Fsp3) is 0.250. The fourth-order valence-corrected chi connectivity index (χ4v) is 2.64. The molecule has 19 heavy (non-hydrogen) atoms. The summed E-state index contributed by atoms with van der Waals surface area (Å²) in [6.45, 7) is 5.35. The maximum Gasteiger partial charge on any atom is 0.309 e. The van der Waals surface area contributed by atoms with Crippen molar-refractivity contribution in [2.75, 3.05) is 10.5 Å². The lowest BCUT2D eigenvalue weighted by atomic mass is 10.1. The predicted molar refractivity (Wildman–Crippen MR) is 72.4 cm³/mol. The summed E-state index contributed by atoms with van der Waals surface area (Å²) in [7, 11) is -3.75. The number of hydrogen-bond donors (Lipinski definition) is 2. The summed E-state index contributed by atoms with van der Waals surface area (Å²) in [4.78, 5) is 3.98. The van der Waals surface area contributed by atoms with Crippen molar-refractivity contribution < 1.29 is 12.8 Å². The van der Waals surface area contributed by atoms with Gasteiger partial charge >= 0.3 is 6.01 Å². The van der Waals surface area contributed by atoms with Crippen LogP contribution in [-0.4, -0.2) is 13.4 Å². The second kappa shape index (κ2) is 4.58. The summed E-state index contributed by atoms with van der Waals surface area (Å²) in [6.07, 6.45) is 1.37. The van der Waals surface area contributed by atoms with E-state index in [0.29, 0.717) is 11.4 Å². The number of nitrogens with zero attached hydrogens (tertiary/aromatic N) is 1. The Bertz CT molecular complexity index is 697. The summed E-state index contributed by atoms with van der Waals surface area (Å²) >= 11 is 0. The van der Waals surface area contributed by atoms with E-state index in [1.54, 1.807) is 19.9 Å². The normalized spacial score (nSPS) is 11.5. The van der Waals surface area contributed by atoms with Gasteiger partial charge in [-0.2, -0.15) is 4.98 Å². The molecule has 1 aromatic carbocycles. The average Bonchev–Trinajstić information content (AvgIpc) is 2.70. The SMILES string of the molecule is Cc1coc(NS(=O)(=O)c2cc(C)c(C)c(N)c2)n1. The number of oxazole rings is 1. The number of benzene rings is 1. The monoisotopic (exact) mass is 281 g/mol. The Morgan fingerprint density at radius 1 is 1.26 bits per heavy atom. The largest absolute Gasteiger partial charge is 0.431 e. The number of sulfonamides is 1. The third-order valence-corrected chi connectivity index (χ3v) is 4.13. The number of nitrogen functional groups attached to an aromatic ring is 1. The van der Waals surface area contributed by atoms with Gasteiger partial charge in [-0.05, 0) is 44.0 Å². The molecule has 0 spiro atoms. The highest BCUT2D eigenvalue weighted by atomic mass is 32.2. The molecule has 0 aliphatic heterocycles. The number of anilines is 2. The Morgan fingerprint density at radius 3 is 2.47 bits per heavy atom. The van der Waals surface area contributed by atoms with Crippen molar-refractivity contribution in [3.63, 3.8) is 0 Å². The topological polar surface area (TPSA) is 98.2 Å². The number of hydrogen-bond acceptors (Lipinski definition) is 5. The van der Waals surface area contributed by atoms with Crippen molar-refractivity contribution in [1.29, 1.82) is 0 Å². The first-order chi connectivity index (χ1) is 8.79. The molecule has 7 heteroatoms. The highest BCUT2D eigenvalue weighted by molar-refractivity contribution is 7.92. The fourth-order valence-electron chi connectivity index (χ4n) is 1.58. The van der Waals surface area contributed by atoms with Gasteiger partial charge in [0.25, 0.3) is 10.0 Å². The molecule has 0 saturated heterocycles. The van der Waals surface area contributed by atoms with Crippen molar-refractivity contribution in [1.82, 2.24) is 4.98 Å². The zero-order chi connectivity index (χ0) is 14.2. The third kappa shape index (κ3) is 2.70. The Labute approximate surface area is 111 Å². The highest BCUT2D eigenvalue weighted by Crippen LogP contribution is 2.23. The van der Waals surface area contributed by atoms with Gasteiger partial charge in [-0.15, -0.1) is 0 Å². The quantitative estimate of drug-likeness (QED) is 0.838. The molecular weight excluding hydrogens is 266 g/mol. The van der Waals surface area contributed by atoms with Gasteiger partial charge in [0.05, 0.1) is 10.6 Å². The lowest BCUT2D eigenvalue weighted by molar-refractivity contribution is 0.569. The number of aryl methyl sites for hydroxylation is 2. The first-order valence-corrected chi connectivity index (χ1v) is 7.09. The summed E-state index contributed by atoms with van der Waals surface area (Å²) in [5.74, 6) is 0. The molecule has 0 unspecified atom stereocenters. The van der Waals surface area contributed by atoms with Crippen LogP contribution in [0.5, 0.6) is 0 Å². The van der Waals surface area contributed by atoms with Crippen molar-refractivity contribution in [2.24, 2.45) is 0 Å². The van der Waals surface area contributed by atoms with Crippen molar-refractivity contribution in [2.45, 2.75) is 25.7 Å². The summed E-state index contributed by atoms with van der Waals surface area (Å²) < 4.78 is 31.6. The van der Waals surface area contributed by atoms with E-state index in [4.69, 9.17) is 10.2 Å². The standard InChI is InChI=1S/C12H15N3O3S/c1-7-4-10(5-11(13)9(7)3)19(16,17)15-12-14-8(2)6-18-12/h4-6H,13H2,1-3H3,(H,14,15).